The number of aliphatic hydroxyl groups is 30. The van der Waals surface area contributed by atoms with E-state index in [-0.39, 0.29) is 0 Å². The molecule has 0 bridgehead atoms. The molecule has 0 aliphatic carbocycles. The molecule has 11 saturated heterocycles. The van der Waals surface area contributed by atoms with Gasteiger partial charge < -0.3 is 279 Å². The Morgan fingerprint density at radius 1 is 0.190 bits per heavy atom. The average Bonchev–Trinajstić information content (AvgIpc) is 0.781. The average molecular weight is 2010 g/mol. The first-order valence-electron chi connectivity index (χ1n) is 43.6. The molecular formula is C76H127N5O56. The molecule has 11 aliphatic heterocycles. The number of hydrogen-bond donors (Lipinski definition) is 35. The number of rotatable bonds is 36. The fourth-order valence-electron chi connectivity index (χ4n) is 17.7. The Bertz CT molecular complexity index is 3780. The Labute approximate surface area is 775 Å². The van der Waals surface area contributed by atoms with E-state index >= 15 is 0 Å². The van der Waals surface area contributed by atoms with Crippen LogP contribution in [0.15, 0.2) is 0 Å². The van der Waals surface area contributed by atoms with Crippen LogP contribution >= 0.6 is 0 Å². The maximum atomic E-state index is 13.4. The highest BCUT2D eigenvalue weighted by Crippen LogP contribution is 2.42. The van der Waals surface area contributed by atoms with Crippen LogP contribution in [0, 0.1) is 0 Å². The molecule has 0 radical (unpaired) electrons. The zero-order chi connectivity index (χ0) is 101. The number of nitrogens with one attached hydrogen (secondary N) is 5. The minimum Gasteiger partial charge on any atom is -0.394 e. The number of hydrogen-bond acceptors (Lipinski definition) is 56. The largest absolute Gasteiger partial charge is 0.394 e. The molecule has 792 valence electrons. The van der Waals surface area contributed by atoms with Crippen LogP contribution < -0.4 is 26.6 Å². The van der Waals surface area contributed by atoms with E-state index in [9.17, 15) is 177 Å². The predicted octanol–water partition coefficient (Wildman–Crippen LogP) is -24.3. The summed E-state index contributed by atoms with van der Waals surface area (Å²) in [4.78, 5) is 65.3. The molecule has 11 fully saturated rings. The lowest BCUT2D eigenvalue weighted by molar-refractivity contribution is -0.399. The fourth-order valence-corrected chi connectivity index (χ4v) is 17.7. The number of amides is 5. The molecule has 0 unspecified atom stereocenters. The van der Waals surface area contributed by atoms with Gasteiger partial charge in [-0.15, -0.1) is 0 Å². The third-order valence-corrected chi connectivity index (χ3v) is 25.0. The van der Waals surface area contributed by atoms with Crippen molar-refractivity contribution in [3.05, 3.63) is 0 Å². The monoisotopic (exact) mass is 2010 g/mol. The van der Waals surface area contributed by atoms with Gasteiger partial charge in [-0.05, 0) is 0 Å². The lowest BCUT2D eigenvalue weighted by atomic mass is 9.93. The third-order valence-electron chi connectivity index (χ3n) is 25.0. The van der Waals surface area contributed by atoms with Crippen LogP contribution in [0.4, 0.5) is 0 Å². The molecule has 11 aliphatic rings. The predicted molar refractivity (Wildman–Crippen MR) is 420 cm³/mol. The molecule has 55 atom stereocenters. The van der Waals surface area contributed by atoms with Gasteiger partial charge in [0.2, 0.25) is 29.5 Å². The number of ether oxygens (including phenoxy) is 21. The first-order chi connectivity index (χ1) is 64.8. The minimum absolute atomic E-state index is 0.831. The number of carbonyl (C=O) groups excluding carboxylic acids is 5. The van der Waals surface area contributed by atoms with Gasteiger partial charge in [0.05, 0.1) is 72.7 Å². The van der Waals surface area contributed by atoms with Gasteiger partial charge >= 0.3 is 0 Å². The number of aliphatic hydroxyl groups excluding tert-OH is 30. The van der Waals surface area contributed by atoms with Crippen LogP contribution in [0.2, 0.25) is 0 Å². The third kappa shape index (κ3) is 25.2. The maximum Gasteiger partial charge on any atom is 0.217 e. The summed E-state index contributed by atoms with van der Waals surface area (Å²) in [5.74, 6) is -4.85. The molecular weight excluding hydrogens is 1880 g/mol. The Morgan fingerprint density at radius 2 is 0.416 bits per heavy atom. The molecule has 0 aromatic rings. The molecule has 61 nitrogen and oxygen atoms in total. The first-order valence-corrected chi connectivity index (χ1v) is 43.6. The molecule has 0 spiro atoms. The van der Waals surface area contributed by atoms with Gasteiger partial charge in [0.25, 0.3) is 0 Å². The van der Waals surface area contributed by atoms with Crippen LogP contribution in [-0.2, 0) is 123 Å². The van der Waals surface area contributed by atoms with Crippen molar-refractivity contribution in [2.24, 2.45) is 0 Å². The fraction of sp³-hybridized carbons (Fsp3) is 0.934. The van der Waals surface area contributed by atoms with Crippen LogP contribution in [0.3, 0.4) is 0 Å². The highest BCUT2D eigenvalue weighted by Gasteiger charge is 2.63. The summed E-state index contributed by atoms with van der Waals surface area (Å²) in [6.45, 7) is -8.20. The van der Waals surface area contributed by atoms with Crippen molar-refractivity contribution in [2.45, 2.75) is 372 Å². The molecule has 61 heteroatoms. The van der Waals surface area contributed by atoms with Crippen molar-refractivity contribution in [1.82, 2.24) is 26.6 Å². The van der Waals surface area contributed by atoms with Crippen LogP contribution in [0.25, 0.3) is 0 Å². The van der Waals surface area contributed by atoms with Crippen LogP contribution in [0.5, 0.6) is 0 Å². The van der Waals surface area contributed by atoms with Gasteiger partial charge in [-0.1, -0.05) is 0 Å². The van der Waals surface area contributed by atoms with E-state index in [1.807, 2.05) is 0 Å². The molecule has 11 rings (SSSR count). The standard InChI is InChI=1S/C76H127N5O56/c1-17(91)77-33-47(105)58(29(13-89)119-66(33)116)130-68-34(78-18(2)92)48(106)59(30(14-90)127-68)131-74-57(115)63(135-76-65(52(110)41(99)25(9-85)126-76)137-70-37(81-21(5)95)62(45(103)28(12-88)122-70)134-73-56(114)51(109)40(98)24(8-84)125-73)46(104)32(128-74)16-118-75-64(136-69-36(80-20(4)94)61(44(102)27(11-87)121-69)133-72-55(113)50(108)39(97)23(7-83)124-72)53(111)42(100)31(129-75)15-117-67-35(79-19(3)93)60(43(101)26(10-86)120-67)132-71-54(112)49(107)38(96)22(6-82)123-71/h22-76,82-90,96-116H,6-16H2,1-5H3,(H,77,91)(H,78,92)(H,79,93)(H,80,94)(H,81,95)/t22-,23-,24-,25-,26-,27-,28-,29-,30-,31-,32-,33-,34-,35-,36-,37+,38+,39+,40+,41-,42-,43-,44-,45-,46-,47-,48-,49+,50+,51+,52+,53+,54-,55-,56-,57+,58-,59-,60-,61-,62-,63+,64+,65+,66-,67-,68+,69+,70+,71+,72+,73+,74+,75+,76-/m1/s1. The molecule has 0 aromatic carbocycles. The molecule has 11 heterocycles. The molecule has 5 amide bonds. The Morgan fingerprint density at radius 3 is 0.803 bits per heavy atom. The van der Waals surface area contributed by atoms with Gasteiger partial charge in [0, 0.05) is 34.6 Å². The van der Waals surface area contributed by atoms with E-state index in [1.54, 1.807) is 0 Å². The SMILES string of the molecule is CC(=O)N[C@@H]1[C@H](O[C@@H]2[C@@H](O[C@@H]3[C@H](O)[C@H](O[C@H]4[C@H](O)[C@@H](NC(C)=O)[C@H](O[C@H]5[C@H](O)[C@@H](NC(C)=O)[C@H](O)O[C@@H]5CO)O[C@@H]4CO)O[C@H](CO[C@H]4O[C@H](CO[C@@H]5O[C@H](CO)[C@@H](O)[C@H](O[C@@H]6O[C@H](CO)[C@H](O)[C@H](O)[C@H]6O)[C@H]5NC(C)=O)[C@@H](O)[C@H](O)[C@@H]4O[C@@H]4O[C@H](CO)[C@@H](O)[C@H](O[C@@H]5O[C@H](CO)[C@H](O)[C@H](O)[C@H]5O)[C@H]4NC(C)=O)[C@H]3O)O[C@H](CO)[C@@H](O)[C@@H]2O)O[C@H](CO)[C@@H](O)[C@@H]1O[C@@H]1O[C@H](CO)[C@H](O)[C@H](O)[C@H]1O. The van der Waals surface area contributed by atoms with Crippen molar-refractivity contribution in [3.63, 3.8) is 0 Å². The summed E-state index contributed by atoms with van der Waals surface area (Å²) in [7, 11) is 0. The second-order valence-corrected chi connectivity index (χ2v) is 34.6. The highest BCUT2D eigenvalue weighted by atomic mass is 16.8. The second-order valence-electron chi connectivity index (χ2n) is 34.6. The van der Waals surface area contributed by atoms with E-state index in [0.717, 1.165) is 34.6 Å². The van der Waals surface area contributed by atoms with Gasteiger partial charge in [-0.2, -0.15) is 0 Å². The van der Waals surface area contributed by atoms with Gasteiger partial charge in [0.15, 0.2) is 69.2 Å². The van der Waals surface area contributed by atoms with E-state index in [1.165, 1.54) is 0 Å². The van der Waals surface area contributed by atoms with Crippen molar-refractivity contribution in [2.75, 3.05) is 72.7 Å². The lowest BCUT2D eigenvalue weighted by Crippen LogP contribution is -2.71. The summed E-state index contributed by atoms with van der Waals surface area (Å²) in [5, 5.41) is 349. The number of carbonyl (C=O) groups is 5. The van der Waals surface area contributed by atoms with Gasteiger partial charge in [-0.3, -0.25) is 24.0 Å². The molecule has 137 heavy (non-hydrogen) atoms. The summed E-state index contributed by atoms with van der Waals surface area (Å²) < 4.78 is 126. The van der Waals surface area contributed by atoms with Crippen molar-refractivity contribution in [3.8, 4) is 0 Å². The van der Waals surface area contributed by atoms with Gasteiger partial charge in [0.1, 0.15) is 268 Å². The summed E-state index contributed by atoms with van der Waals surface area (Å²) in [6, 6.07) is -9.70. The van der Waals surface area contributed by atoms with E-state index in [4.69, 9.17) is 99.5 Å². The summed E-state index contributed by atoms with van der Waals surface area (Å²) in [5.41, 5.74) is 0. The quantitative estimate of drug-likeness (QED) is 0.0277. The second kappa shape index (κ2) is 49.5. The Kier molecular flexibility index (Phi) is 40.7. The van der Waals surface area contributed by atoms with E-state index < -0.39 is 440 Å². The van der Waals surface area contributed by atoms with Crippen molar-refractivity contribution in [1.29, 1.82) is 0 Å². The summed E-state index contributed by atoms with van der Waals surface area (Å²) >= 11 is 0. The molecule has 0 aromatic heterocycles. The lowest BCUT2D eigenvalue weighted by Gasteiger charge is -2.51. The minimum atomic E-state index is -2.72. The smallest absolute Gasteiger partial charge is 0.217 e. The van der Waals surface area contributed by atoms with Crippen molar-refractivity contribution < 1.29 is 277 Å². The highest BCUT2D eigenvalue weighted by molar-refractivity contribution is 5.75. The zero-order valence-electron chi connectivity index (χ0n) is 73.6. The zero-order valence-corrected chi connectivity index (χ0v) is 73.6. The maximum absolute atomic E-state index is 13.4. The van der Waals surface area contributed by atoms with Crippen LogP contribution in [-0.4, -0.2) is 593 Å². The van der Waals surface area contributed by atoms with Crippen molar-refractivity contribution >= 4 is 29.5 Å². The van der Waals surface area contributed by atoms with Gasteiger partial charge in [-0.25, -0.2) is 0 Å². The summed E-state index contributed by atoms with van der Waals surface area (Å²) in [6.07, 6.45) is -109. The Hall–Kier alpha value is -4.69. The Balaban J connectivity index is 0.990. The first kappa shape index (κ1) is 113. The normalized spacial score (nSPS) is 48.9. The molecule has 35 N–H and O–H groups in total. The topological polar surface area (TPSA) is 946 Å². The van der Waals surface area contributed by atoms with Crippen LogP contribution in [0.1, 0.15) is 34.6 Å². The molecule has 0 saturated carbocycles. The van der Waals surface area contributed by atoms with E-state index in [2.05, 4.69) is 26.6 Å². The van der Waals surface area contributed by atoms with E-state index in [0.29, 0.717) is 0 Å².